The molecule has 0 spiro atoms. The van der Waals surface area contributed by atoms with E-state index in [0.29, 0.717) is 18.8 Å². The number of hydrogen-bond acceptors (Lipinski definition) is 4. The molecule has 0 radical (unpaired) electrons. The van der Waals surface area contributed by atoms with Crippen LogP contribution in [-0.4, -0.2) is 67.8 Å². The zero-order valence-corrected chi connectivity index (χ0v) is 14.2. The van der Waals surface area contributed by atoms with Gasteiger partial charge in [-0.3, -0.25) is 4.79 Å². The van der Waals surface area contributed by atoms with Gasteiger partial charge in [0.2, 0.25) is 10.0 Å². The largest absolute Gasteiger partial charge is 0.356 e. The van der Waals surface area contributed by atoms with E-state index in [4.69, 9.17) is 0 Å². The molecule has 2 N–H and O–H groups in total. The summed E-state index contributed by atoms with van der Waals surface area (Å²) in [7, 11) is -1.70. The van der Waals surface area contributed by atoms with Gasteiger partial charge in [-0.25, -0.2) is 8.42 Å². The molecule has 2 aliphatic heterocycles. The van der Waals surface area contributed by atoms with E-state index in [2.05, 4.69) is 10.3 Å². The quantitative estimate of drug-likeness (QED) is 0.841. The maximum Gasteiger partial charge on any atom is 0.270 e. The van der Waals surface area contributed by atoms with Gasteiger partial charge in [0.15, 0.2) is 0 Å². The average molecular weight is 340 g/mol. The van der Waals surface area contributed by atoms with Crippen LogP contribution in [0.5, 0.6) is 0 Å². The SMILES string of the molecule is CNC1CCCN(S(=O)(=O)c2c[nH]c(C(=O)N3CCCC3)c2)C1. The van der Waals surface area contributed by atoms with Crippen LogP contribution in [0.1, 0.15) is 36.2 Å². The third kappa shape index (κ3) is 3.29. The van der Waals surface area contributed by atoms with Crippen molar-refractivity contribution in [1.29, 1.82) is 0 Å². The van der Waals surface area contributed by atoms with Gasteiger partial charge in [0.1, 0.15) is 10.6 Å². The number of piperidine rings is 1. The number of rotatable bonds is 4. The molecular weight excluding hydrogens is 316 g/mol. The lowest BCUT2D eigenvalue weighted by atomic mass is 10.1. The van der Waals surface area contributed by atoms with Gasteiger partial charge in [0.25, 0.3) is 5.91 Å². The second-order valence-corrected chi connectivity index (χ2v) is 8.18. The van der Waals surface area contributed by atoms with Crippen molar-refractivity contribution in [2.45, 2.75) is 36.6 Å². The molecule has 2 saturated heterocycles. The number of hydrogen-bond donors (Lipinski definition) is 2. The van der Waals surface area contributed by atoms with E-state index in [-0.39, 0.29) is 16.8 Å². The molecule has 0 bridgehead atoms. The van der Waals surface area contributed by atoms with E-state index in [1.807, 2.05) is 7.05 Å². The maximum absolute atomic E-state index is 12.8. The summed E-state index contributed by atoms with van der Waals surface area (Å²) in [6.45, 7) is 2.49. The van der Waals surface area contributed by atoms with Crippen LogP contribution < -0.4 is 5.32 Å². The van der Waals surface area contributed by atoms with Crippen LogP contribution in [0, 0.1) is 0 Å². The second-order valence-electron chi connectivity index (χ2n) is 6.24. The van der Waals surface area contributed by atoms with Gasteiger partial charge < -0.3 is 15.2 Å². The highest BCUT2D eigenvalue weighted by molar-refractivity contribution is 7.89. The molecule has 3 rings (SSSR count). The predicted octanol–water partition coefficient (Wildman–Crippen LogP) is 0.623. The lowest BCUT2D eigenvalue weighted by Gasteiger charge is -2.31. The Balaban J connectivity index is 1.77. The molecule has 0 aliphatic carbocycles. The number of likely N-dealkylation sites (tertiary alicyclic amines) is 1. The lowest BCUT2D eigenvalue weighted by Crippen LogP contribution is -2.46. The Morgan fingerprint density at radius 1 is 1.26 bits per heavy atom. The third-order valence-electron chi connectivity index (χ3n) is 4.71. The van der Waals surface area contributed by atoms with Crippen LogP contribution in [-0.2, 0) is 10.0 Å². The Morgan fingerprint density at radius 3 is 2.70 bits per heavy atom. The molecule has 0 aromatic carbocycles. The first-order valence-electron chi connectivity index (χ1n) is 8.17. The monoisotopic (exact) mass is 340 g/mol. The summed E-state index contributed by atoms with van der Waals surface area (Å²) >= 11 is 0. The number of sulfonamides is 1. The molecule has 1 amide bonds. The Hall–Kier alpha value is -1.38. The smallest absolute Gasteiger partial charge is 0.270 e. The number of aromatic nitrogens is 1. The number of likely N-dealkylation sites (N-methyl/N-ethyl adjacent to an activating group) is 1. The summed E-state index contributed by atoms with van der Waals surface area (Å²) in [4.78, 5) is 17.1. The van der Waals surface area contributed by atoms with E-state index in [1.54, 1.807) is 4.90 Å². The van der Waals surface area contributed by atoms with E-state index in [0.717, 1.165) is 38.8 Å². The van der Waals surface area contributed by atoms with Crippen LogP contribution >= 0.6 is 0 Å². The van der Waals surface area contributed by atoms with Crippen LogP contribution in [0.25, 0.3) is 0 Å². The zero-order valence-electron chi connectivity index (χ0n) is 13.4. The number of carbonyl (C=O) groups is 1. The van der Waals surface area contributed by atoms with Crippen molar-refractivity contribution >= 4 is 15.9 Å². The fourth-order valence-corrected chi connectivity index (χ4v) is 4.80. The lowest BCUT2D eigenvalue weighted by molar-refractivity contribution is 0.0787. The summed E-state index contributed by atoms with van der Waals surface area (Å²) in [5, 5.41) is 3.14. The highest BCUT2D eigenvalue weighted by Crippen LogP contribution is 2.22. The van der Waals surface area contributed by atoms with Crippen molar-refractivity contribution in [3.63, 3.8) is 0 Å². The molecule has 1 aromatic heterocycles. The zero-order chi connectivity index (χ0) is 16.4. The van der Waals surface area contributed by atoms with Crippen LogP contribution in [0.3, 0.4) is 0 Å². The van der Waals surface area contributed by atoms with Crippen molar-refractivity contribution < 1.29 is 13.2 Å². The number of aromatic amines is 1. The molecule has 8 heteroatoms. The Kier molecular flexibility index (Phi) is 4.74. The maximum atomic E-state index is 12.8. The second kappa shape index (κ2) is 6.62. The topological polar surface area (TPSA) is 85.5 Å². The standard InChI is InChI=1S/C15H24N4O3S/c1-16-12-5-4-8-19(11-12)23(21,22)13-9-14(17-10-13)15(20)18-6-2-3-7-18/h9-10,12,16-17H,2-8,11H2,1H3. The Bertz CT molecular complexity index is 664. The van der Waals surface area contributed by atoms with E-state index < -0.39 is 10.0 Å². The predicted molar refractivity (Wildman–Crippen MR) is 86.8 cm³/mol. The average Bonchev–Trinajstić information content (AvgIpc) is 3.26. The van der Waals surface area contributed by atoms with Gasteiger partial charge in [0, 0.05) is 38.4 Å². The minimum Gasteiger partial charge on any atom is -0.356 e. The highest BCUT2D eigenvalue weighted by atomic mass is 32.2. The minimum atomic E-state index is -3.55. The molecule has 128 valence electrons. The molecule has 0 saturated carbocycles. The van der Waals surface area contributed by atoms with Gasteiger partial charge >= 0.3 is 0 Å². The van der Waals surface area contributed by atoms with E-state index in [1.165, 1.54) is 16.6 Å². The molecule has 23 heavy (non-hydrogen) atoms. The molecule has 1 unspecified atom stereocenters. The van der Waals surface area contributed by atoms with Crippen molar-refractivity contribution in [3.05, 3.63) is 18.0 Å². The van der Waals surface area contributed by atoms with Crippen molar-refractivity contribution in [2.75, 3.05) is 33.2 Å². The first-order valence-corrected chi connectivity index (χ1v) is 9.61. The van der Waals surface area contributed by atoms with E-state index >= 15 is 0 Å². The van der Waals surface area contributed by atoms with Crippen LogP contribution in [0.15, 0.2) is 17.2 Å². The highest BCUT2D eigenvalue weighted by Gasteiger charge is 2.31. The van der Waals surface area contributed by atoms with Crippen molar-refractivity contribution in [2.24, 2.45) is 0 Å². The molecular formula is C15H24N4O3S. The fourth-order valence-electron chi connectivity index (χ4n) is 3.28. The number of carbonyl (C=O) groups excluding carboxylic acids is 1. The fraction of sp³-hybridized carbons (Fsp3) is 0.667. The summed E-state index contributed by atoms with van der Waals surface area (Å²) in [6.07, 6.45) is 5.28. The number of nitrogens with zero attached hydrogens (tertiary/aromatic N) is 2. The number of H-pyrrole nitrogens is 1. The Morgan fingerprint density at radius 2 is 2.00 bits per heavy atom. The van der Waals surface area contributed by atoms with Crippen molar-refractivity contribution in [1.82, 2.24) is 19.5 Å². The summed E-state index contributed by atoms with van der Waals surface area (Å²) in [6, 6.07) is 1.65. The number of amides is 1. The molecule has 1 atom stereocenters. The molecule has 2 aliphatic rings. The third-order valence-corrected chi connectivity index (χ3v) is 6.55. The molecule has 7 nitrogen and oxygen atoms in total. The molecule has 1 aromatic rings. The van der Waals surface area contributed by atoms with Gasteiger partial charge in [-0.05, 0) is 38.8 Å². The first-order chi connectivity index (χ1) is 11.0. The van der Waals surface area contributed by atoms with Gasteiger partial charge in [0.05, 0.1) is 0 Å². The summed E-state index contributed by atoms with van der Waals surface area (Å²) < 4.78 is 27.0. The van der Waals surface area contributed by atoms with E-state index in [9.17, 15) is 13.2 Å². The van der Waals surface area contributed by atoms with Crippen LogP contribution in [0.4, 0.5) is 0 Å². The normalized spacial score (nSPS) is 23.3. The van der Waals surface area contributed by atoms with Gasteiger partial charge in [-0.2, -0.15) is 4.31 Å². The molecule has 2 fully saturated rings. The van der Waals surface area contributed by atoms with Gasteiger partial charge in [-0.15, -0.1) is 0 Å². The Labute approximate surface area is 137 Å². The van der Waals surface area contributed by atoms with Gasteiger partial charge in [-0.1, -0.05) is 0 Å². The van der Waals surface area contributed by atoms with Crippen molar-refractivity contribution in [3.8, 4) is 0 Å². The first kappa shape index (κ1) is 16.5. The minimum absolute atomic E-state index is 0.115. The summed E-state index contributed by atoms with van der Waals surface area (Å²) in [5.74, 6) is -0.115. The summed E-state index contributed by atoms with van der Waals surface area (Å²) in [5.41, 5.74) is 0.354. The van der Waals surface area contributed by atoms with Crippen LogP contribution in [0.2, 0.25) is 0 Å². The molecule has 3 heterocycles. The number of nitrogens with one attached hydrogen (secondary N) is 2.